The number of likely N-dealkylation sites (N-methyl/N-ethyl adjacent to an activating group) is 1. The van der Waals surface area contributed by atoms with Crippen molar-refractivity contribution in [3.8, 4) is 0 Å². The molecule has 1 fully saturated rings. The van der Waals surface area contributed by atoms with Crippen molar-refractivity contribution in [2.45, 2.75) is 18.4 Å². The molecular weight excluding hydrogens is 182 g/mol. The second-order valence-corrected chi connectivity index (χ2v) is 3.94. The highest BCUT2D eigenvalue weighted by Crippen LogP contribution is 2.22. The quantitative estimate of drug-likeness (QED) is 0.651. The summed E-state index contributed by atoms with van der Waals surface area (Å²) in [5, 5.41) is 16.2. The molecule has 82 valence electrons. The minimum absolute atomic E-state index is 0.650. The highest BCUT2D eigenvalue weighted by molar-refractivity contribution is 5.78. The van der Waals surface area contributed by atoms with E-state index in [9.17, 15) is 4.79 Å². The van der Waals surface area contributed by atoms with Crippen LogP contribution in [0, 0.1) is 0 Å². The van der Waals surface area contributed by atoms with E-state index in [2.05, 4.69) is 10.3 Å². The first-order valence-electron chi connectivity index (χ1n) is 4.86. The number of carboxylic acids is 1. The summed E-state index contributed by atoms with van der Waals surface area (Å²) in [4.78, 5) is 11.1. The Morgan fingerprint density at radius 1 is 1.43 bits per heavy atom. The standard InChI is InChI=1S/C9H19N3O2/c1-10-9(8(13)14)4-6-12(7-5-9)11(2)3/h10H,4-7H2,1-3H3,(H,13,14). The van der Waals surface area contributed by atoms with Crippen molar-refractivity contribution in [3.05, 3.63) is 0 Å². The normalized spacial score (nSPS) is 22.6. The molecule has 0 aromatic heterocycles. The molecule has 0 spiro atoms. The molecule has 0 radical (unpaired) electrons. The predicted octanol–water partition coefficient (Wildman–Crippen LogP) is -0.398. The lowest BCUT2D eigenvalue weighted by molar-refractivity contribution is -0.148. The molecule has 0 atom stereocenters. The van der Waals surface area contributed by atoms with Crippen LogP contribution in [0.3, 0.4) is 0 Å². The largest absolute Gasteiger partial charge is 0.480 e. The maximum Gasteiger partial charge on any atom is 0.323 e. The van der Waals surface area contributed by atoms with Crippen molar-refractivity contribution < 1.29 is 9.90 Å². The molecule has 1 aliphatic heterocycles. The van der Waals surface area contributed by atoms with E-state index in [-0.39, 0.29) is 0 Å². The average molecular weight is 201 g/mol. The Morgan fingerprint density at radius 3 is 2.21 bits per heavy atom. The fourth-order valence-electron chi connectivity index (χ4n) is 1.85. The maximum absolute atomic E-state index is 11.1. The summed E-state index contributed by atoms with van der Waals surface area (Å²) in [6, 6.07) is 0. The van der Waals surface area contributed by atoms with Crippen molar-refractivity contribution >= 4 is 5.97 Å². The van der Waals surface area contributed by atoms with Crippen LogP contribution in [-0.2, 0) is 4.79 Å². The maximum atomic E-state index is 11.1. The van der Waals surface area contributed by atoms with Gasteiger partial charge in [0.2, 0.25) is 0 Å². The van der Waals surface area contributed by atoms with Crippen molar-refractivity contribution in [2.75, 3.05) is 34.2 Å². The second-order valence-electron chi connectivity index (χ2n) is 3.94. The third-order valence-corrected chi connectivity index (χ3v) is 3.05. The molecular formula is C9H19N3O2. The SMILES string of the molecule is CNC1(C(=O)O)CCN(N(C)C)CC1. The summed E-state index contributed by atoms with van der Waals surface area (Å²) in [6.45, 7) is 1.58. The van der Waals surface area contributed by atoms with E-state index in [1.54, 1.807) is 7.05 Å². The van der Waals surface area contributed by atoms with Gasteiger partial charge in [0.25, 0.3) is 0 Å². The van der Waals surface area contributed by atoms with Gasteiger partial charge in [0, 0.05) is 27.2 Å². The Balaban J connectivity index is 2.59. The summed E-state index contributed by atoms with van der Waals surface area (Å²) >= 11 is 0. The molecule has 1 aliphatic rings. The number of hydrogen-bond donors (Lipinski definition) is 2. The monoisotopic (exact) mass is 201 g/mol. The Bertz CT molecular complexity index is 210. The number of aliphatic carboxylic acids is 1. The zero-order chi connectivity index (χ0) is 10.8. The van der Waals surface area contributed by atoms with Gasteiger partial charge in [-0.15, -0.1) is 0 Å². The lowest BCUT2D eigenvalue weighted by Gasteiger charge is -2.41. The van der Waals surface area contributed by atoms with Gasteiger partial charge < -0.3 is 10.4 Å². The number of hydrazine groups is 1. The minimum atomic E-state index is -0.738. The van der Waals surface area contributed by atoms with Gasteiger partial charge in [-0.3, -0.25) is 4.79 Å². The van der Waals surface area contributed by atoms with Gasteiger partial charge in [-0.1, -0.05) is 0 Å². The molecule has 14 heavy (non-hydrogen) atoms. The van der Waals surface area contributed by atoms with Crippen LogP contribution >= 0.6 is 0 Å². The van der Waals surface area contributed by atoms with Gasteiger partial charge in [-0.25, -0.2) is 10.0 Å². The van der Waals surface area contributed by atoms with Crippen LogP contribution in [0.1, 0.15) is 12.8 Å². The van der Waals surface area contributed by atoms with Crippen molar-refractivity contribution in [2.24, 2.45) is 0 Å². The van der Waals surface area contributed by atoms with Gasteiger partial charge in [-0.2, -0.15) is 0 Å². The molecule has 0 aromatic carbocycles. The Labute approximate surface area is 84.6 Å². The van der Waals surface area contributed by atoms with Crippen molar-refractivity contribution in [1.82, 2.24) is 15.3 Å². The average Bonchev–Trinajstić information content (AvgIpc) is 2.17. The molecule has 5 heteroatoms. The van der Waals surface area contributed by atoms with Gasteiger partial charge in [0.05, 0.1) is 0 Å². The predicted molar refractivity (Wildman–Crippen MR) is 53.9 cm³/mol. The van der Waals surface area contributed by atoms with Crippen LogP contribution in [0.4, 0.5) is 0 Å². The Hall–Kier alpha value is -0.650. The van der Waals surface area contributed by atoms with Crippen molar-refractivity contribution in [1.29, 1.82) is 0 Å². The van der Waals surface area contributed by atoms with Gasteiger partial charge >= 0.3 is 5.97 Å². The topological polar surface area (TPSA) is 55.8 Å². The summed E-state index contributed by atoms with van der Waals surface area (Å²) < 4.78 is 0. The van der Waals surface area contributed by atoms with E-state index in [0.717, 1.165) is 13.1 Å². The number of piperidine rings is 1. The number of nitrogens with zero attached hydrogens (tertiary/aromatic N) is 2. The Kier molecular flexibility index (Phi) is 3.47. The summed E-state index contributed by atoms with van der Waals surface area (Å²) in [5.74, 6) is -0.738. The van der Waals surface area contributed by atoms with Gasteiger partial charge in [0.15, 0.2) is 0 Å². The zero-order valence-electron chi connectivity index (χ0n) is 9.08. The van der Waals surface area contributed by atoms with Crippen LogP contribution in [-0.4, -0.2) is 60.9 Å². The van der Waals surface area contributed by atoms with E-state index < -0.39 is 11.5 Å². The first-order chi connectivity index (χ1) is 6.52. The molecule has 0 aromatic rings. The van der Waals surface area contributed by atoms with Crippen LogP contribution < -0.4 is 5.32 Å². The fraction of sp³-hybridized carbons (Fsp3) is 0.889. The number of carboxylic acid groups (broad SMARTS) is 1. The number of rotatable bonds is 3. The van der Waals surface area contributed by atoms with Crippen LogP contribution in [0.15, 0.2) is 0 Å². The molecule has 1 rings (SSSR count). The number of hydrogen-bond acceptors (Lipinski definition) is 4. The lowest BCUT2D eigenvalue weighted by Crippen LogP contribution is -2.58. The zero-order valence-corrected chi connectivity index (χ0v) is 9.08. The van der Waals surface area contributed by atoms with Crippen LogP contribution in [0.2, 0.25) is 0 Å². The molecule has 1 heterocycles. The smallest absolute Gasteiger partial charge is 0.323 e. The van der Waals surface area contributed by atoms with E-state index in [0.29, 0.717) is 12.8 Å². The van der Waals surface area contributed by atoms with Gasteiger partial charge in [-0.05, 0) is 19.9 Å². The number of nitrogens with one attached hydrogen (secondary N) is 1. The molecule has 0 bridgehead atoms. The highest BCUT2D eigenvalue weighted by Gasteiger charge is 2.40. The van der Waals surface area contributed by atoms with E-state index in [1.165, 1.54) is 0 Å². The summed E-state index contributed by atoms with van der Waals surface area (Å²) in [6.07, 6.45) is 1.30. The van der Waals surface area contributed by atoms with Gasteiger partial charge in [0.1, 0.15) is 5.54 Å². The van der Waals surface area contributed by atoms with Crippen LogP contribution in [0.25, 0.3) is 0 Å². The molecule has 0 aliphatic carbocycles. The number of carbonyl (C=O) groups is 1. The molecule has 0 amide bonds. The first kappa shape index (κ1) is 11.4. The third-order valence-electron chi connectivity index (χ3n) is 3.05. The summed E-state index contributed by atoms with van der Waals surface area (Å²) in [7, 11) is 5.68. The Morgan fingerprint density at radius 2 is 1.93 bits per heavy atom. The molecule has 5 nitrogen and oxygen atoms in total. The lowest BCUT2D eigenvalue weighted by atomic mass is 9.88. The molecule has 1 saturated heterocycles. The molecule has 0 unspecified atom stereocenters. The minimum Gasteiger partial charge on any atom is -0.480 e. The van der Waals surface area contributed by atoms with E-state index in [4.69, 9.17) is 5.11 Å². The van der Waals surface area contributed by atoms with Crippen molar-refractivity contribution in [3.63, 3.8) is 0 Å². The molecule has 0 saturated carbocycles. The second kappa shape index (κ2) is 4.25. The van der Waals surface area contributed by atoms with E-state index >= 15 is 0 Å². The third kappa shape index (κ3) is 2.05. The molecule has 2 N–H and O–H groups in total. The fourth-order valence-corrected chi connectivity index (χ4v) is 1.85. The van der Waals surface area contributed by atoms with E-state index in [1.807, 2.05) is 19.1 Å². The van der Waals surface area contributed by atoms with Crippen LogP contribution in [0.5, 0.6) is 0 Å². The first-order valence-corrected chi connectivity index (χ1v) is 4.86. The highest BCUT2D eigenvalue weighted by atomic mass is 16.4. The summed E-state index contributed by atoms with van der Waals surface area (Å²) in [5.41, 5.74) is -0.716.